The first-order valence-corrected chi connectivity index (χ1v) is 6.94. The Labute approximate surface area is 109 Å². The van der Waals surface area contributed by atoms with Crippen LogP contribution in [-0.2, 0) is 5.88 Å². The zero-order chi connectivity index (χ0) is 12.4. The van der Waals surface area contributed by atoms with Gasteiger partial charge in [-0.25, -0.2) is 4.98 Å². The van der Waals surface area contributed by atoms with Gasteiger partial charge < -0.3 is 4.90 Å². The summed E-state index contributed by atoms with van der Waals surface area (Å²) in [6, 6.07) is 4.94. The van der Waals surface area contributed by atoms with Gasteiger partial charge in [0.2, 0.25) is 0 Å². The van der Waals surface area contributed by atoms with Crippen LogP contribution >= 0.6 is 11.6 Å². The second kappa shape index (κ2) is 5.26. The lowest BCUT2D eigenvalue weighted by atomic mass is 10.2. The van der Waals surface area contributed by atoms with Gasteiger partial charge in [0.05, 0.1) is 0 Å². The van der Waals surface area contributed by atoms with E-state index >= 15 is 0 Å². The molecule has 1 aliphatic rings. The minimum Gasteiger partial charge on any atom is -0.353 e. The Balaban J connectivity index is 2.20. The van der Waals surface area contributed by atoms with Crippen LogP contribution in [0.25, 0.3) is 0 Å². The number of aryl methyl sites for hydroxylation is 1. The highest BCUT2D eigenvalue weighted by Crippen LogP contribution is 2.31. The molecular formula is C14H21ClN2. The van der Waals surface area contributed by atoms with Gasteiger partial charge in [0.15, 0.2) is 0 Å². The van der Waals surface area contributed by atoms with E-state index in [1.807, 2.05) is 6.92 Å². The van der Waals surface area contributed by atoms with Crippen LogP contribution in [-0.4, -0.2) is 17.6 Å². The van der Waals surface area contributed by atoms with Crippen LogP contribution in [0.1, 0.15) is 37.9 Å². The quantitative estimate of drug-likeness (QED) is 0.742. The fourth-order valence-corrected chi connectivity index (χ4v) is 2.37. The van der Waals surface area contributed by atoms with Crippen molar-refractivity contribution >= 4 is 17.4 Å². The zero-order valence-electron chi connectivity index (χ0n) is 10.9. The van der Waals surface area contributed by atoms with Crippen LogP contribution in [0.3, 0.4) is 0 Å². The lowest BCUT2D eigenvalue weighted by molar-refractivity contribution is 0.602. The van der Waals surface area contributed by atoms with Crippen molar-refractivity contribution in [2.45, 2.75) is 45.5 Å². The molecular weight excluding hydrogens is 232 g/mol. The van der Waals surface area contributed by atoms with Crippen LogP contribution in [0.2, 0.25) is 0 Å². The van der Waals surface area contributed by atoms with Crippen molar-refractivity contribution < 1.29 is 0 Å². The van der Waals surface area contributed by atoms with E-state index < -0.39 is 0 Å². The minimum absolute atomic E-state index is 0.548. The highest BCUT2D eigenvalue weighted by Gasteiger charge is 2.30. The third-order valence-corrected chi connectivity index (χ3v) is 3.46. The first kappa shape index (κ1) is 12.7. The molecule has 1 aromatic heterocycles. The molecule has 17 heavy (non-hydrogen) atoms. The fraction of sp³-hybridized carbons (Fsp3) is 0.643. The largest absolute Gasteiger partial charge is 0.353 e. The van der Waals surface area contributed by atoms with Gasteiger partial charge in [-0.3, -0.25) is 0 Å². The number of nitrogens with zero attached hydrogens (tertiary/aromatic N) is 2. The maximum Gasteiger partial charge on any atom is 0.129 e. The molecule has 1 aliphatic carbocycles. The summed E-state index contributed by atoms with van der Waals surface area (Å²) in [7, 11) is 0. The Morgan fingerprint density at radius 1 is 1.41 bits per heavy atom. The van der Waals surface area contributed by atoms with Gasteiger partial charge in [0.1, 0.15) is 5.82 Å². The van der Waals surface area contributed by atoms with Gasteiger partial charge in [-0.2, -0.15) is 0 Å². The molecule has 3 heteroatoms. The Kier molecular flexibility index (Phi) is 3.93. The minimum atomic E-state index is 0.548. The Bertz CT molecular complexity index is 386. The second-order valence-corrected chi connectivity index (χ2v) is 5.59. The number of anilines is 1. The van der Waals surface area contributed by atoms with Crippen LogP contribution in [0.5, 0.6) is 0 Å². The summed E-state index contributed by atoms with van der Waals surface area (Å²) in [6.07, 6.45) is 2.62. The van der Waals surface area contributed by atoms with Crippen molar-refractivity contribution in [3.8, 4) is 0 Å². The van der Waals surface area contributed by atoms with Crippen molar-refractivity contribution in [3.63, 3.8) is 0 Å². The molecule has 2 rings (SSSR count). The average Bonchev–Trinajstić information content (AvgIpc) is 3.09. The van der Waals surface area contributed by atoms with Crippen molar-refractivity contribution in [2.24, 2.45) is 5.92 Å². The van der Waals surface area contributed by atoms with Crippen LogP contribution in [0.4, 0.5) is 5.82 Å². The van der Waals surface area contributed by atoms with Gasteiger partial charge in [-0.1, -0.05) is 19.9 Å². The second-order valence-electron chi connectivity index (χ2n) is 5.32. The average molecular weight is 253 g/mol. The fourth-order valence-electron chi connectivity index (χ4n) is 2.09. The molecule has 1 saturated carbocycles. The van der Waals surface area contributed by atoms with E-state index in [1.54, 1.807) is 0 Å². The molecule has 0 unspecified atom stereocenters. The lowest BCUT2D eigenvalue weighted by Crippen LogP contribution is -2.30. The van der Waals surface area contributed by atoms with Gasteiger partial charge >= 0.3 is 0 Å². The molecule has 2 nitrogen and oxygen atoms in total. The molecule has 1 fully saturated rings. The first-order valence-electron chi connectivity index (χ1n) is 6.41. The lowest BCUT2D eigenvalue weighted by Gasteiger charge is -2.26. The normalized spacial score (nSPS) is 15.4. The van der Waals surface area contributed by atoms with E-state index in [9.17, 15) is 0 Å². The number of aromatic nitrogens is 1. The highest BCUT2D eigenvalue weighted by atomic mass is 35.5. The topological polar surface area (TPSA) is 16.1 Å². The molecule has 0 bridgehead atoms. The third-order valence-electron chi connectivity index (χ3n) is 3.17. The molecule has 0 aliphatic heterocycles. The third kappa shape index (κ3) is 3.12. The van der Waals surface area contributed by atoms with E-state index in [0.717, 1.165) is 23.6 Å². The molecule has 0 spiro atoms. The van der Waals surface area contributed by atoms with E-state index in [-0.39, 0.29) is 0 Å². The van der Waals surface area contributed by atoms with Crippen molar-refractivity contribution in [2.75, 3.05) is 11.4 Å². The van der Waals surface area contributed by atoms with Crippen LogP contribution in [0.15, 0.2) is 12.1 Å². The van der Waals surface area contributed by atoms with E-state index in [2.05, 4.69) is 30.9 Å². The molecule has 1 heterocycles. The molecule has 0 N–H and O–H groups in total. The molecule has 1 aromatic rings. The summed E-state index contributed by atoms with van der Waals surface area (Å²) in [6.45, 7) is 7.66. The van der Waals surface area contributed by atoms with Crippen molar-refractivity contribution in [3.05, 3.63) is 23.4 Å². The SMILES string of the molecule is Cc1nc(N(CC(C)C)C2CC2)ccc1CCl. The Hall–Kier alpha value is -0.760. The number of rotatable bonds is 5. The van der Waals surface area contributed by atoms with E-state index in [0.29, 0.717) is 17.8 Å². The summed E-state index contributed by atoms with van der Waals surface area (Å²) in [5, 5.41) is 0. The van der Waals surface area contributed by atoms with Gasteiger partial charge in [0, 0.05) is 24.2 Å². The zero-order valence-corrected chi connectivity index (χ0v) is 11.7. The maximum absolute atomic E-state index is 5.87. The molecule has 94 valence electrons. The monoisotopic (exact) mass is 252 g/mol. The van der Waals surface area contributed by atoms with Gasteiger partial charge in [-0.05, 0) is 37.3 Å². The maximum atomic E-state index is 5.87. The van der Waals surface area contributed by atoms with Gasteiger partial charge in [0.25, 0.3) is 0 Å². The molecule has 0 atom stereocenters. The predicted molar refractivity (Wildman–Crippen MR) is 73.7 cm³/mol. The summed E-state index contributed by atoms with van der Waals surface area (Å²) in [5.74, 6) is 2.34. The van der Waals surface area contributed by atoms with Crippen LogP contribution < -0.4 is 4.90 Å². The smallest absolute Gasteiger partial charge is 0.129 e. The van der Waals surface area contributed by atoms with E-state index in [4.69, 9.17) is 16.6 Å². The highest BCUT2D eigenvalue weighted by molar-refractivity contribution is 6.17. The molecule has 0 amide bonds. The summed E-state index contributed by atoms with van der Waals surface area (Å²) >= 11 is 5.87. The molecule has 0 radical (unpaired) electrons. The standard InChI is InChI=1S/C14H21ClN2/c1-10(2)9-17(13-5-6-13)14-7-4-12(8-15)11(3)16-14/h4,7,10,13H,5-6,8-9H2,1-3H3. The summed E-state index contributed by atoms with van der Waals surface area (Å²) < 4.78 is 0. The molecule has 0 aromatic carbocycles. The van der Waals surface area contributed by atoms with Crippen molar-refractivity contribution in [1.82, 2.24) is 4.98 Å². The van der Waals surface area contributed by atoms with Crippen molar-refractivity contribution in [1.29, 1.82) is 0 Å². The summed E-state index contributed by atoms with van der Waals surface area (Å²) in [4.78, 5) is 7.15. The number of hydrogen-bond donors (Lipinski definition) is 0. The van der Waals surface area contributed by atoms with Gasteiger partial charge in [-0.15, -0.1) is 11.6 Å². The number of halogens is 1. The predicted octanol–water partition coefficient (Wildman–Crippen LogP) is 3.75. The number of pyridine rings is 1. The van der Waals surface area contributed by atoms with Crippen LogP contribution in [0, 0.1) is 12.8 Å². The van der Waals surface area contributed by atoms with E-state index in [1.165, 1.54) is 12.8 Å². The molecule has 0 saturated heterocycles. The first-order chi connectivity index (χ1) is 8.11. The Morgan fingerprint density at radius 2 is 2.12 bits per heavy atom. The number of hydrogen-bond acceptors (Lipinski definition) is 2. The number of alkyl halides is 1. The summed E-state index contributed by atoms with van der Waals surface area (Å²) in [5.41, 5.74) is 2.20. The Morgan fingerprint density at radius 3 is 2.59 bits per heavy atom.